The average molecular weight is 971 g/mol. The number of rotatable bonds is 9. The second-order valence-electron chi connectivity index (χ2n) is 16.2. The van der Waals surface area contributed by atoms with E-state index < -0.39 is 6.17 Å². The zero-order chi connectivity index (χ0) is 47.0. The lowest BCUT2D eigenvalue weighted by Crippen LogP contribution is -2.42. The highest BCUT2D eigenvalue weighted by Gasteiger charge is 2.28. The van der Waals surface area contributed by atoms with Crippen LogP contribution in [0.25, 0.3) is 43.2 Å². The number of halogens is 4. The van der Waals surface area contributed by atoms with Gasteiger partial charge < -0.3 is 39.8 Å². The predicted octanol–water partition coefficient (Wildman–Crippen LogP) is 9.48. The molecule has 3 aliphatic heterocycles. The predicted molar refractivity (Wildman–Crippen MR) is 261 cm³/mol. The van der Waals surface area contributed by atoms with Crippen LogP contribution >= 0.6 is 34.5 Å². The Hall–Kier alpha value is -5.75. The number of ether oxygens (including phenoxy) is 4. The number of hydrogen-bond donors (Lipinski definition) is 2. The molecule has 3 aliphatic rings. The molecule has 0 aliphatic carbocycles. The van der Waals surface area contributed by atoms with E-state index in [2.05, 4.69) is 49.1 Å². The van der Waals surface area contributed by atoms with Crippen molar-refractivity contribution < 1.29 is 27.7 Å². The summed E-state index contributed by atoms with van der Waals surface area (Å²) < 4.78 is 52.9. The van der Waals surface area contributed by atoms with E-state index in [1.165, 1.54) is 56.0 Å². The van der Waals surface area contributed by atoms with Crippen molar-refractivity contribution in [3.8, 4) is 56.1 Å². The Morgan fingerprint density at radius 1 is 0.836 bits per heavy atom. The van der Waals surface area contributed by atoms with E-state index in [1.54, 1.807) is 36.7 Å². The van der Waals surface area contributed by atoms with Crippen LogP contribution in [-0.2, 0) is 13.0 Å². The van der Waals surface area contributed by atoms with Gasteiger partial charge in [-0.25, -0.2) is 33.7 Å². The second kappa shape index (κ2) is 21.9. The minimum absolute atomic E-state index is 0.0676. The molecular formula is C49H51Cl2F2N9O4S. The van der Waals surface area contributed by atoms with Gasteiger partial charge in [-0.1, -0.05) is 35.3 Å². The Bertz CT molecular complexity index is 2780. The molecule has 0 saturated carbocycles. The molecule has 1 unspecified atom stereocenters. The number of hydrogen-bond acceptors (Lipinski definition) is 14. The number of nitrogens with one attached hydrogen (secondary N) is 1. The fraction of sp³-hybridized carbons (Fsp3) is 0.327. The molecule has 1 fully saturated rings. The van der Waals surface area contributed by atoms with Crippen LogP contribution in [0.5, 0.6) is 23.1 Å². The first-order valence-electron chi connectivity index (χ1n) is 21.9. The Labute approximate surface area is 402 Å². The number of piperazine rings is 1. The topological polar surface area (TPSA) is 146 Å². The Morgan fingerprint density at radius 3 is 2.25 bits per heavy atom. The first kappa shape index (κ1) is 47.7. The highest BCUT2D eigenvalue weighted by atomic mass is 35.5. The molecule has 0 spiro atoms. The number of alkyl halides is 1. The zero-order valence-corrected chi connectivity index (χ0v) is 40.0. The van der Waals surface area contributed by atoms with Gasteiger partial charge in [0.1, 0.15) is 60.3 Å². The van der Waals surface area contributed by atoms with E-state index >= 15 is 0 Å². The molecule has 4 bridgehead atoms. The molecule has 10 rings (SSSR count). The monoisotopic (exact) mass is 969 g/mol. The molecule has 0 radical (unpaired) electrons. The largest absolute Gasteiger partial charge is 0.490 e. The van der Waals surface area contributed by atoms with Crippen molar-refractivity contribution >= 4 is 50.6 Å². The van der Waals surface area contributed by atoms with Gasteiger partial charge in [0.2, 0.25) is 5.88 Å². The van der Waals surface area contributed by atoms with Crippen LogP contribution in [-0.4, -0.2) is 114 Å². The number of likely N-dealkylation sites (N-methyl/N-ethyl adjacent to an activating group) is 2. The lowest BCUT2D eigenvalue weighted by molar-refractivity contribution is 0.181. The molecule has 3 N–H and O–H groups in total. The third-order valence-corrected chi connectivity index (χ3v) is 13.5. The van der Waals surface area contributed by atoms with E-state index in [1.807, 2.05) is 38.1 Å². The number of pyridine rings is 1. The highest BCUT2D eigenvalue weighted by Crippen LogP contribution is 2.52. The van der Waals surface area contributed by atoms with Crippen LogP contribution in [0.2, 0.25) is 10.0 Å². The number of benzene rings is 3. The maximum absolute atomic E-state index is 14.1. The molecule has 0 amide bonds. The first-order valence-corrected chi connectivity index (χ1v) is 23.4. The molecule has 18 heteroatoms. The molecule has 7 aromatic rings. The SMILES string of the molecule is CN1CCN(C)CC1.Cc1c(Cl)c2c(Cl)c(C)c1-c1c(-c3ccc(F)cc3)sc3ncnc(c13)OCCc1cc(ccc1OCc1ccnc(-c3ccc(NCC(F)CN)nc3)n1)OCCO2. The summed E-state index contributed by atoms with van der Waals surface area (Å²) in [4.78, 5) is 29.0. The van der Waals surface area contributed by atoms with E-state index in [0.29, 0.717) is 72.7 Å². The normalized spacial score (nSPS) is 14.8. The quantitative estimate of drug-likeness (QED) is 0.142. The summed E-state index contributed by atoms with van der Waals surface area (Å²) in [5, 5.41) is 4.34. The highest BCUT2D eigenvalue weighted by molar-refractivity contribution is 7.22. The van der Waals surface area contributed by atoms with E-state index in [-0.39, 0.29) is 45.3 Å². The van der Waals surface area contributed by atoms with Crippen LogP contribution in [0, 0.1) is 19.7 Å². The van der Waals surface area contributed by atoms with Gasteiger partial charge in [0.05, 0.1) is 27.7 Å². The number of anilines is 1. The van der Waals surface area contributed by atoms with Crippen molar-refractivity contribution in [3.63, 3.8) is 0 Å². The Balaban J connectivity index is 0.000000689. The molecule has 1 atom stereocenters. The Kier molecular flexibility index (Phi) is 15.6. The minimum atomic E-state index is -1.16. The van der Waals surface area contributed by atoms with Gasteiger partial charge >= 0.3 is 0 Å². The van der Waals surface area contributed by atoms with Gasteiger partial charge in [-0.2, -0.15) is 0 Å². The number of aromatic nitrogens is 5. The summed E-state index contributed by atoms with van der Waals surface area (Å²) in [5.74, 6) is 2.58. The third-order valence-electron chi connectivity index (χ3n) is 11.5. The van der Waals surface area contributed by atoms with Crippen molar-refractivity contribution in [2.75, 3.05) is 78.5 Å². The standard InChI is InChI=1S/C43H37Cl2F2N7O4S.C6H14N2/c1-23-34-24(2)38(45)39(37(23)44)56-16-15-55-31-8-9-32(58-21-30-11-13-49-41(54-30)27-5-10-33(50-19-27)51-20-29(47)18-48)26(17-31)12-14-57-42-36-35(34)40(59-43(36)53-22-52-42)25-3-6-28(46)7-4-25;1-7-3-5-8(2)6-4-7/h3-11,13,17,19,22,29H,12,14-16,18,20-21,48H2,1-2H3,(H,50,51);3-6H2,1-2H3. The molecule has 7 heterocycles. The number of fused-ring (bicyclic) bond motifs is 7. The smallest absolute Gasteiger partial charge is 0.226 e. The van der Waals surface area contributed by atoms with Gasteiger partial charge in [-0.3, -0.25) is 0 Å². The van der Waals surface area contributed by atoms with Gasteiger partial charge in [-0.05, 0) is 98.7 Å². The van der Waals surface area contributed by atoms with Crippen LogP contribution < -0.4 is 30.0 Å². The summed E-state index contributed by atoms with van der Waals surface area (Å²) >= 11 is 15.5. The minimum Gasteiger partial charge on any atom is -0.490 e. The fourth-order valence-corrected chi connectivity index (χ4v) is 9.32. The molecule has 4 aromatic heterocycles. The van der Waals surface area contributed by atoms with Crippen LogP contribution in [0.3, 0.4) is 0 Å². The van der Waals surface area contributed by atoms with Gasteiger partial charge in [0.15, 0.2) is 11.6 Å². The lowest BCUT2D eigenvalue weighted by atomic mass is 9.92. The second-order valence-corrected chi connectivity index (χ2v) is 18.0. The van der Waals surface area contributed by atoms with Crippen LogP contribution in [0.4, 0.5) is 14.6 Å². The van der Waals surface area contributed by atoms with Crippen molar-refractivity contribution in [2.45, 2.75) is 33.0 Å². The summed E-state index contributed by atoms with van der Waals surface area (Å²) in [7, 11) is 4.35. The van der Waals surface area contributed by atoms with Gasteiger partial charge in [0.25, 0.3) is 0 Å². The number of nitrogens with zero attached hydrogens (tertiary/aromatic N) is 7. The Morgan fingerprint density at radius 2 is 1.55 bits per heavy atom. The first-order chi connectivity index (χ1) is 32.5. The molecule has 350 valence electrons. The lowest BCUT2D eigenvalue weighted by Gasteiger charge is -2.28. The van der Waals surface area contributed by atoms with Crippen LogP contribution in [0.15, 0.2) is 79.4 Å². The maximum Gasteiger partial charge on any atom is 0.226 e. The molecule has 3 aromatic carbocycles. The fourth-order valence-electron chi connectivity index (χ4n) is 7.64. The van der Waals surface area contributed by atoms with Crippen LogP contribution in [0.1, 0.15) is 22.4 Å². The molecule has 67 heavy (non-hydrogen) atoms. The van der Waals surface area contributed by atoms with Gasteiger partial charge in [0, 0.05) is 79.7 Å². The van der Waals surface area contributed by atoms with E-state index in [9.17, 15) is 8.78 Å². The zero-order valence-electron chi connectivity index (χ0n) is 37.6. The van der Waals surface area contributed by atoms with Crippen molar-refractivity contribution in [2.24, 2.45) is 5.73 Å². The average Bonchev–Trinajstić information content (AvgIpc) is 3.73. The van der Waals surface area contributed by atoms with Gasteiger partial charge in [-0.15, -0.1) is 11.3 Å². The summed E-state index contributed by atoms with van der Waals surface area (Å²) in [6.45, 7) is 9.52. The molecular weight excluding hydrogens is 920 g/mol. The van der Waals surface area contributed by atoms with E-state index in [4.69, 9.17) is 52.9 Å². The molecule has 1 saturated heterocycles. The van der Waals surface area contributed by atoms with E-state index in [0.717, 1.165) is 38.3 Å². The van der Waals surface area contributed by atoms with Crippen molar-refractivity contribution in [1.29, 1.82) is 0 Å². The third kappa shape index (κ3) is 11.3. The van der Waals surface area contributed by atoms with Crippen molar-refractivity contribution in [1.82, 2.24) is 34.7 Å². The number of thiophene rings is 1. The summed E-state index contributed by atoms with van der Waals surface area (Å²) in [6.07, 6.45) is 4.02. The molecule has 13 nitrogen and oxygen atoms in total. The summed E-state index contributed by atoms with van der Waals surface area (Å²) in [6, 6.07) is 17.2. The summed E-state index contributed by atoms with van der Waals surface area (Å²) in [5.41, 5.74) is 11.4. The number of nitrogens with two attached hydrogens (primary N) is 1. The maximum atomic E-state index is 14.1. The van der Waals surface area contributed by atoms with Crippen molar-refractivity contribution in [3.05, 3.63) is 118 Å².